The quantitative estimate of drug-likeness (QED) is 0.791. The maximum Gasteiger partial charge on any atom is 0.304 e. The van der Waals surface area contributed by atoms with Crippen molar-refractivity contribution in [3.05, 3.63) is 50.1 Å². The van der Waals surface area contributed by atoms with Gasteiger partial charge in [0, 0.05) is 28.9 Å². The molecule has 3 N–H and O–H groups in total. The zero-order valence-corrected chi connectivity index (χ0v) is 11.0. The highest BCUT2D eigenvalue weighted by Crippen LogP contribution is 2.22. The van der Waals surface area contributed by atoms with Gasteiger partial charge < -0.3 is 15.6 Å². The van der Waals surface area contributed by atoms with Gasteiger partial charge in [-0.25, -0.2) is 0 Å². The van der Waals surface area contributed by atoms with Gasteiger partial charge in [-0.2, -0.15) is 0 Å². The molecule has 5 nitrogen and oxygen atoms in total. The molecule has 0 aliphatic carbocycles. The monoisotopic (exact) mass is 275 g/mol. The molecule has 3 rings (SSSR count). The molecule has 1 aromatic heterocycles. The first kappa shape index (κ1) is 12.0. The van der Waals surface area contributed by atoms with Crippen molar-refractivity contribution >= 4 is 22.9 Å². The second kappa shape index (κ2) is 4.89. The maximum atomic E-state index is 12.0. The smallest absolute Gasteiger partial charge is 0.304 e. The lowest BCUT2D eigenvalue weighted by Crippen LogP contribution is -2.23. The van der Waals surface area contributed by atoms with Gasteiger partial charge in [0.1, 0.15) is 0 Å². The van der Waals surface area contributed by atoms with Gasteiger partial charge in [-0.1, -0.05) is 11.3 Å². The van der Waals surface area contributed by atoms with Crippen molar-refractivity contribution in [2.45, 2.75) is 13.0 Å². The molecule has 1 aromatic carbocycles. The zero-order valence-electron chi connectivity index (χ0n) is 10.2. The van der Waals surface area contributed by atoms with Gasteiger partial charge in [0.05, 0.1) is 6.54 Å². The van der Waals surface area contributed by atoms with Gasteiger partial charge in [-0.05, 0) is 30.2 Å². The molecule has 19 heavy (non-hydrogen) atoms. The molecule has 0 fully saturated rings. The molecule has 2 aromatic rings. The average Bonchev–Trinajstić information content (AvgIpc) is 3.03. The van der Waals surface area contributed by atoms with Crippen LogP contribution in [0.5, 0.6) is 0 Å². The molecule has 0 unspecified atom stereocenters. The van der Waals surface area contributed by atoms with E-state index in [0.29, 0.717) is 12.1 Å². The van der Waals surface area contributed by atoms with Crippen molar-refractivity contribution in [3.63, 3.8) is 0 Å². The third-order valence-electron chi connectivity index (χ3n) is 3.09. The van der Waals surface area contributed by atoms with E-state index in [1.54, 1.807) is 5.38 Å². The Morgan fingerprint density at radius 2 is 2.32 bits per heavy atom. The summed E-state index contributed by atoms with van der Waals surface area (Å²) < 4.78 is 0. The van der Waals surface area contributed by atoms with Crippen molar-refractivity contribution in [3.8, 4) is 0 Å². The fourth-order valence-electron chi connectivity index (χ4n) is 2.12. The number of hydrogen-bond acceptors (Lipinski definition) is 4. The molecule has 0 radical (unpaired) electrons. The van der Waals surface area contributed by atoms with Crippen LogP contribution in [0.3, 0.4) is 0 Å². The number of carbonyl (C=O) groups is 1. The van der Waals surface area contributed by atoms with Gasteiger partial charge in [0.15, 0.2) is 0 Å². The lowest BCUT2D eigenvalue weighted by atomic mass is 10.1. The number of anilines is 1. The Morgan fingerprint density at radius 3 is 3.11 bits per heavy atom. The molecule has 0 atom stereocenters. The zero-order chi connectivity index (χ0) is 13.2. The third-order valence-corrected chi connectivity index (χ3v) is 3.81. The lowest BCUT2D eigenvalue weighted by molar-refractivity contribution is 0.0950. The van der Waals surface area contributed by atoms with Crippen LogP contribution in [0, 0.1) is 0 Å². The number of carbonyl (C=O) groups excluding carboxylic acids is 1. The number of thiazole rings is 1. The predicted octanol–water partition coefficient (Wildman–Crippen LogP) is 1.33. The van der Waals surface area contributed by atoms with Crippen LogP contribution in [0.25, 0.3) is 0 Å². The van der Waals surface area contributed by atoms with Crippen LogP contribution >= 0.6 is 11.3 Å². The first-order valence-corrected chi connectivity index (χ1v) is 6.92. The molecule has 1 amide bonds. The van der Waals surface area contributed by atoms with Crippen molar-refractivity contribution in [1.82, 2.24) is 10.3 Å². The van der Waals surface area contributed by atoms with Gasteiger partial charge in [-0.15, -0.1) is 0 Å². The lowest BCUT2D eigenvalue weighted by Gasteiger charge is -2.06. The van der Waals surface area contributed by atoms with Crippen LogP contribution < -0.4 is 15.5 Å². The number of rotatable bonds is 3. The topological polar surface area (TPSA) is 74.0 Å². The van der Waals surface area contributed by atoms with Crippen LogP contribution in [0.2, 0.25) is 0 Å². The molecule has 6 heteroatoms. The summed E-state index contributed by atoms with van der Waals surface area (Å²) in [7, 11) is 0. The summed E-state index contributed by atoms with van der Waals surface area (Å²) in [5.74, 6) is -0.123. The number of H-pyrrole nitrogens is 1. The molecule has 2 heterocycles. The highest BCUT2D eigenvalue weighted by atomic mass is 32.1. The fraction of sp³-hybridized carbons (Fsp3) is 0.231. The van der Waals surface area contributed by atoms with Gasteiger partial charge in [0.2, 0.25) is 0 Å². The Hall–Kier alpha value is -2.08. The van der Waals surface area contributed by atoms with Crippen LogP contribution in [0.4, 0.5) is 5.69 Å². The van der Waals surface area contributed by atoms with Crippen molar-refractivity contribution in [2.24, 2.45) is 0 Å². The highest BCUT2D eigenvalue weighted by molar-refractivity contribution is 7.07. The predicted molar refractivity (Wildman–Crippen MR) is 74.7 cm³/mol. The molecular formula is C13H13N3O2S. The first-order chi connectivity index (χ1) is 9.22. The van der Waals surface area contributed by atoms with Crippen LogP contribution in [-0.4, -0.2) is 17.4 Å². The second-order valence-corrected chi connectivity index (χ2v) is 5.25. The largest absolute Gasteiger partial charge is 0.384 e. The van der Waals surface area contributed by atoms with E-state index in [4.69, 9.17) is 0 Å². The standard InChI is InChI=1S/C13H13N3O2S/c17-12(15-6-10-7-19-13(18)16-10)9-1-2-11-8(5-9)3-4-14-11/h1-2,5,7,14H,3-4,6H2,(H,15,17)(H,16,18). The van der Waals surface area contributed by atoms with Crippen molar-refractivity contribution in [1.29, 1.82) is 0 Å². The van der Waals surface area contributed by atoms with Crippen LogP contribution in [-0.2, 0) is 13.0 Å². The second-order valence-electron chi connectivity index (χ2n) is 4.40. The minimum absolute atomic E-state index is 0.104. The average molecular weight is 275 g/mol. The minimum Gasteiger partial charge on any atom is -0.384 e. The number of nitrogens with one attached hydrogen (secondary N) is 3. The third kappa shape index (κ3) is 2.53. The summed E-state index contributed by atoms with van der Waals surface area (Å²) >= 11 is 1.10. The SMILES string of the molecule is O=C(NCc1csc(=O)[nH]1)c1ccc2c(c1)CCN2. The Labute approximate surface area is 113 Å². The molecule has 1 aliphatic rings. The van der Waals surface area contributed by atoms with E-state index in [9.17, 15) is 9.59 Å². The number of fused-ring (bicyclic) bond motifs is 1. The van der Waals surface area contributed by atoms with Crippen LogP contribution in [0.15, 0.2) is 28.4 Å². The van der Waals surface area contributed by atoms with Crippen molar-refractivity contribution < 1.29 is 4.79 Å². The van der Waals surface area contributed by atoms with E-state index in [2.05, 4.69) is 15.6 Å². The van der Waals surface area contributed by atoms with E-state index in [1.807, 2.05) is 18.2 Å². The Kier molecular flexibility index (Phi) is 3.08. The number of aromatic amines is 1. The molecule has 0 saturated heterocycles. The number of amides is 1. The van der Waals surface area contributed by atoms with Gasteiger partial charge in [0.25, 0.3) is 5.91 Å². The summed E-state index contributed by atoms with van der Waals surface area (Å²) in [6.07, 6.45) is 0.953. The fourth-order valence-corrected chi connectivity index (χ4v) is 2.71. The Morgan fingerprint density at radius 1 is 1.42 bits per heavy atom. The number of benzene rings is 1. The van der Waals surface area contributed by atoms with E-state index in [1.165, 1.54) is 5.56 Å². The molecule has 98 valence electrons. The summed E-state index contributed by atoms with van der Waals surface area (Å²) in [6, 6.07) is 5.66. The Balaban J connectivity index is 1.68. The van der Waals surface area contributed by atoms with E-state index in [0.717, 1.165) is 35.7 Å². The van der Waals surface area contributed by atoms with E-state index in [-0.39, 0.29) is 10.8 Å². The number of hydrogen-bond donors (Lipinski definition) is 3. The van der Waals surface area contributed by atoms with Crippen molar-refractivity contribution in [2.75, 3.05) is 11.9 Å². The molecule has 0 spiro atoms. The van der Waals surface area contributed by atoms with E-state index >= 15 is 0 Å². The highest BCUT2D eigenvalue weighted by Gasteiger charge is 2.13. The minimum atomic E-state index is -0.123. The summed E-state index contributed by atoms with van der Waals surface area (Å²) in [5, 5.41) is 7.77. The normalized spacial score (nSPS) is 12.8. The van der Waals surface area contributed by atoms with E-state index < -0.39 is 0 Å². The summed E-state index contributed by atoms with van der Waals surface area (Å²) in [4.78, 5) is 25.5. The summed E-state index contributed by atoms with van der Waals surface area (Å²) in [6.45, 7) is 1.27. The van der Waals surface area contributed by atoms with Gasteiger partial charge in [-0.3, -0.25) is 9.59 Å². The molecule has 0 saturated carbocycles. The number of aromatic nitrogens is 1. The first-order valence-electron chi connectivity index (χ1n) is 6.04. The molecule has 0 bridgehead atoms. The van der Waals surface area contributed by atoms with Crippen LogP contribution in [0.1, 0.15) is 21.6 Å². The van der Waals surface area contributed by atoms with Gasteiger partial charge >= 0.3 is 4.87 Å². The molecular weight excluding hydrogens is 262 g/mol. The molecule has 1 aliphatic heterocycles. The Bertz CT molecular complexity index is 675. The summed E-state index contributed by atoms with van der Waals surface area (Å²) in [5.41, 5.74) is 3.67. The maximum absolute atomic E-state index is 12.0.